The Morgan fingerprint density at radius 2 is 2.05 bits per heavy atom. The molecule has 0 aliphatic carbocycles. The molecule has 6 nitrogen and oxygen atoms in total. The van der Waals surface area contributed by atoms with Crippen molar-refractivity contribution in [3.05, 3.63) is 11.1 Å². The molecule has 0 spiro atoms. The number of anilines is 1. The Labute approximate surface area is 124 Å². The number of amides is 2. The highest BCUT2D eigenvalue weighted by Gasteiger charge is 2.22. The van der Waals surface area contributed by atoms with Crippen molar-refractivity contribution in [2.24, 2.45) is 0 Å². The van der Waals surface area contributed by atoms with Crippen molar-refractivity contribution in [1.82, 2.24) is 15.6 Å². The van der Waals surface area contributed by atoms with Crippen LogP contribution in [0.4, 0.5) is 9.93 Å². The molecule has 114 valence electrons. The van der Waals surface area contributed by atoms with Crippen LogP contribution < -0.4 is 15.5 Å². The number of carbonyl (C=O) groups is 1. The Morgan fingerprint density at radius 3 is 2.55 bits per heavy atom. The summed E-state index contributed by atoms with van der Waals surface area (Å²) in [6, 6.07) is -0.287. The standard InChI is InChI=1S/C13H24N4O2S/c1-5-13(19,6-2)9-15-11(18)14-7-10-8-20-12(16-10)17(3)4/h8,19H,5-7,9H2,1-4H3,(H2,14,15,18). The van der Waals surface area contributed by atoms with Crippen LogP contribution in [0.2, 0.25) is 0 Å². The first-order valence-corrected chi connectivity index (χ1v) is 7.64. The summed E-state index contributed by atoms with van der Waals surface area (Å²) >= 11 is 1.54. The van der Waals surface area contributed by atoms with Gasteiger partial charge in [0.15, 0.2) is 5.13 Å². The fourth-order valence-corrected chi connectivity index (χ4v) is 2.32. The minimum atomic E-state index is -0.823. The summed E-state index contributed by atoms with van der Waals surface area (Å²) in [5.41, 5.74) is 0.00544. The van der Waals surface area contributed by atoms with Crippen LogP contribution in [0.15, 0.2) is 5.38 Å². The van der Waals surface area contributed by atoms with Crippen molar-refractivity contribution in [1.29, 1.82) is 0 Å². The van der Waals surface area contributed by atoms with E-state index in [-0.39, 0.29) is 12.6 Å². The van der Waals surface area contributed by atoms with Gasteiger partial charge in [0.25, 0.3) is 0 Å². The first kappa shape index (κ1) is 16.7. The molecule has 0 fully saturated rings. The number of hydrogen-bond donors (Lipinski definition) is 3. The lowest BCUT2D eigenvalue weighted by molar-refractivity contribution is 0.0349. The summed E-state index contributed by atoms with van der Waals surface area (Å²) in [6.45, 7) is 4.45. The largest absolute Gasteiger partial charge is 0.388 e. The van der Waals surface area contributed by atoms with Crippen LogP contribution in [0.3, 0.4) is 0 Å². The molecular formula is C13H24N4O2S. The number of thiazole rings is 1. The van der Waals surface area contributed by atoms with E-state index in [1.54, 1.807) is 0 Å². The highest BCUT2D eigenvalue weighted by Crippen LogP contribution is 2.17. The zero-order valence-electron chi connectivity index (χ0n) is 12.6. The predicted octanol–water partition coefficient (Wildman–Crippen LogP) is 1.56. The van der Waals surface area contributed by atoms with Crippen LogP contribution in [0.1, 0.15) is 32.4 Å². The number of rotatable bonds is 7. The SMILES string of the molecule is CCC(O)(CC)CNC(=O)NCc1csc(N(C)C)n1. The topological polar surface area (TPSA) is 77.5 Å². The molecule has 0 unspecified atom stereocenters. The molecule has 20 heavy (non-hydrogen) atoms. The van der Waals surface area contributed by atoms with Gasteiger partial charge in [-0.1, -0.05) is 13.8 Å². The summed E-state index contributed by atoms with van der Waals surface area (Å²) in [4.78, 5) is 18.0. The molecular weight excluding hydrogens is 276 g/mol. The van der Waals surface area contributed by atoms with Gasteiger partial charge in [-0.15, -0.1) is 11.3 Å². The Kier molecular flexibility index (Phi) is 6.22. The van der Waals surface area contributed by atoms with Crippen molar-refractivity contribution < 1.29 is 9.90 Å². The second-order valence-electron chi connectivity index (χ2n) is 4.98. The molecule has 1 rings (SSSR count). The minimum Gasteiger partial charge on any atom is -0.388 e. The summed E-state index contributed by atoms with van der Waals surface area (Å²) in [5, 5.41) is 18.3. The van der Waals surface area contributed by atoms with Gasteiger partial charge in [-0.05, 0) is 12.8 Å². The number of nitrogens with one attached hydrogen (secondary N) is 2. The molecule has 0 aliphatic heterocycles. The van der Waals surface area contributed by atoms with Gasteiger partial charge in [0.1, 0.15) is 0 Å². The maximum absolute atomic E-state index is 11.7. The number of aromatic nitrogens is 1. The normalized spacial score (nSPS) is 11.2. The second kappa shape index (κ2) is 7.44. The van der Waals surface area contributed by atoms with Crippen molar-refractivity contribution in [2.75, 3.05) is 25.5 Å². The average molecular weight is 300 g/mol. The Balaban J connectivity index is 2.36. The lowest BCUT2D eigenvalue weighted by atomic mass is 9.98. The van der Waals surface area contributed by atoms with Gasteiger partial charge in [-0.2, -0.15) is 0 Å². The molecule has 0 aromatic carbocycles. The van der Waals surface area contributed by atoms with E-state index in [4.69, 9.17) is 0 Å². The number of carbonyl (C=O) groups excluding carboxylic acids is 1. The quantitative estimate of drug-likeness (QED) is 0.714. The summed E-state index contributed by atoms with van der Waals surface area (Å²) < 4.78 is 0. The summed E-state index contributed by atoms with van der Waals surface area (Å²) in [7, 11) is 3.86. The Morgan fingerprint density at radius 1 is 1.40 bits per heavy atom. The molecule has 0 atom stereocenters. The molecule has 1 heterocycles. The first-order valence-electron chi connectivity index (χ1n) is 6.76. The third-order valence-corrected chi connectivity index (χ3v) is 4.30. The maximum atomic E-state index is 11.7. The zero-order chi connectivity index (χ0) is 15.2. The molecule has 0 aliphatic rings. The van der Waals surface area contributed by atoms with Gasteiger partial charge in [0.2, 0.25) is 0 Å². The molecule has 1 aromatic rings. The van der Waals surface area contributed by atoms with Crippen LogP contribution in [-0.2, 0) is 6.54 Å². The molecule has 2 amide bonds. The molecule has 7 heteroatoms. The van der Waals surface area contributed by atoms with E-state index in [1.165, 1.54) is 11.3 Å². The molecule has 1 aromatic heterocycles. The third kappa shape index (κ3) is 4.97. The van der Waals surface area contributed by atoms with Crippen molar-refractivity contribution in [3.63, 3.8) is 0 Å². The minimum absolute atomic E-state index is 0.256. The van der Waals surface area contributed by atoms with Crippen LogP contribution in [-0.4, -0.2) is 42.4 Å². The van der Waals surface area contributed by atoms with Crippen molar-refractivity contribution in [3.8, 4) is 0 Å². The lowest BCUT2D eigenvalue weighted by Gasteiger charge is -2.25. The van der Waals surface area contributed by atoms with Gasteiger partial charge in [0.05, 0.1) is 17.8 Å². The Bertz CT molecular complexity index is 430. The predicted molar refractivity (Wildman–Crippen MR) is 82.2 cm³/mol. The third-order valence-electron chi connectivity index (χ3n) is 3.25. The lowest BCUT2D eigenvalue weighted by Crippen LogP contribution is -2.45. The highest BCUT2D eigenvalue weighted by atomic mass is 32.1. The van der Waals surface area contributed by atoms with E-state index < -0.39 is 5.60 Å². The van der Waals surface area contributed by atoms with Crippen LogP contribution in [0, 0.1) is 0 Å². The van der Waals surface area contributed by atoms with Gasteiger partial charge in [0, 0.05) is 26.0 Å². The number of aliphatic hydroxyl groups is 1. The van der Waals surface area contributed by atoms with E-state index >= 15 is 0 Å². The van der Waals surface area contributed by atoms with E-state index in [0.717, 1.165) is 10.8 Å². The summed E-state index contributed by atoms with van der Waals surface area (Å²) in [5.74, 6) is 0. The van der Waals surface area contributed by atoms with E-state index in [1.807, 2.05) is 38.2 Å². The van der Waals surface area contributed by atoms with E-state index in [2.05, 4.69) is 15.6 Å². The molecule has 0 radical (unpaired) electrons. The van der Waals surface area contributed by atoms with E-state index in [0.29, 0.717) is 19.4 Å². The van der Waals surface area contributed by atoms with Gasteiger partial charge >= 0.3 is 6.03 Å². The van der Waals surface area contributed by atoms with Crippen LogP contribution in [0.5, 0.6) is 0 Å². The molecule has 0 bridgehead atoms. The number of nitrogens with zero attached hydrogens (tertiary/aromatic N) is 2. The molecule has 0 saturated carbocycles. The van der Waals surface area contributed by atoms with Crippen molar-refractivity contribution in [2.45, 2.75) is 38.8 Å². The monoisotopic (exact) mass is 300 g/mol. The highest BCUT2D eigenvalue weighted by molar-refractivity contribution is 7.13. The zero-order valence-corrected chi connectivity index (χ0v) is 13.4. The van der Waals surface area contributed by atoms with Gasteiger partial charge in [-0.3, -0.25) is 0 Å². The average Bonchev–Trinajstić information content (AvgIpc) is 2.91. The van der Waals surface area contributed by atoms with Crippen LogP contribution >= 0.6 is 11.3 Å². The smallest absolute Gasteiger partial charge is 0.315 e. The second-order valence-corrected chi connectivity index (χ2v) is 5.82. The number of urea groups is 1. The fraction of sp³-hybridized carbons (Fsp3) is 0.692. The molecule has 0 saturated heterocycles. The van der Waals surface area contributed by atoms with Crippen molar-refractivity contribution >= 4 is 22.5 Å². The maximum Gasteiger partial charge on any atom is 0.315 e. The van der Waals surface area contributed by atoms with Crippen LogP contribution in [0.25, 0.3) is 0 Å². The van der Waals surface area contributed by atoms with Gasteiger partial charge < -0.3 is 20.6 Å². The van der Waals surface area contributed by atoms with E-state index in [9.17, 15) is 9.90 Å². The summed E-state index contributed by atoms with van der Waals surface area (Å²) in [6.07, 6.45) is 1.23. The Hall–Kier alpha value is -1.34. The fourth-order valence-electron chi connectivity index (χ4n) is 1.56. The number of hydrogen-bond acceptors (Lipinski definition) is 5. The van der Waals surface area contributed by atoms with Gasteiger partial charge in [-0.25, -0.2) is 9.78 Å². The first-order chi connectivity index (χ1) is 9.40. The molecule has 3 N–H and O–H groups in total.